The minimum Gasteiger partial charge on any atom is -0.490 e. The van der Waals surface area contributed by atoms with Gasteiger partial charge >= 0.3 is 5.97 Å². The zero-order valence-electron chi connectivity index (χ0n) is 21.7. The van der Waals surface area contributed by atoms with Crippen LogP contribution >= 0.6 is 12.2 Å². The fourth-order valence-corrected chi connectivity index (χ4v) is 5.91. The molecule has 0 atom stereocenters. The summed E-state index contributed by atoms with van der Waals surface area (Å²) >= 11 is 5.85. The molecule has 1 saturated carbocycles. The van der Waals surface area contributed by atoms with Crippen molar-refractivity contribution in [2.45, 2.75) is 57.6 Å². The van der Waals surface area contributed by atoms with E-state index in [4.69, 9.17) is 28.3 Å². The molecule has 1 aliphatic carbocycles. The largest absolute Gasteiger partial charge is 0.490 e. The summed E-state index contributed by atoms with van der Waals surface area (Å²) in [6.45, 7) is 13.2. The molecule has 0 unspecified atom stereocenters. The van der Waals surface area contributed by atoms with Gasteiger partial charge in [0.2, 0.25) is 0 Å². The fraction of sp³-hybridized carbons (Fsp3) is 0.464. The number of carbonyl (C=O) groups excluding carboxylic acids is 2. The molecule has 9 nitrogen and oxygen atoms in total. The number of hydrogen-bond donors (Lipinski definition) is 0. The maximum atomic E-state index is 13.7. The van der Waals surface area contributed by atoms with Crippen LogP contribution in [0.3, 0.4) is 0 Å². The van der Waals surface area contributed by atoms with E-state index < -0.39 is 5.54 Å². The van der Waals surface area contributed by atoms with Crippen LogP contribution in [0, 0.1) is 13.5 Å². The Hall–Kier alpha value is -3.55. The van der Waals surface area contributed by atoms with Gasteiger partial charge in [-0.05, 0) is 94.1 Å². The van der Waals surface area contributed by atoms with Crippen LogP contribution in [0.25, 0.3) is 4.85 Å². The molecule has 1 aromatic heterocycles. The van der Waals surface area contributed by atoms with Gasteiger partial charge in [-0.1, -0.05) is 6.57 Å². The number of thiocarbonyl (C=S) groups is 1. The van der Waals surface area contributed by atoms with E-state index >= 15 is 0 Å². The number of anilines is 2. The van der Waals surface area contributed by atoms with E-state index in [1.165, 1.54) is 0 Å². The Balaban J connectivity index is 1.27. The SMILES string of the molecule is [C-]#[N+]c1ncc(N2C(=O)C3(CCC3)N(c3ccc(OC4CCN(CC(=O)OCC)CC4)cc3)C2=S)cc1C. The van der Waals surface area contributed by atoms with Gasteiger partial charge in [0.05, 0.1) is 18.8 Å². The lowest BCUT2D eigenvalue weighted by Gasteiger charge is -2.43. The third-order valence-electron chi connectivity index (χ3n) is 7.58. The Morgan fingerprint density at radius 2 is 1.92 bits per heavy atom. The first kappa shape index (κ1) is 26.1. The van der Waals surface area contributed by atoms with Crippen LogP contribution in [-0.2, 0) is 14.3 Å². The van der Waals surface area contributed by atoms with Crippen molar-refractivity contribution >= 4 is 46.4 Å². The highest BCUT2D eigenvalue weighted by Crippen LogP contribution is 2.48. The van der Waals surface area contributed by atoms with Gasteiger partial charge in [0.1, 0.15) is 23.6 Å². The lowest BCUT2D eigenvalue weighted by molar-refractivity contribution is -0.144. The topological polar surface area (TPSA) is 79.6 Å². The van der Waals surface area contributed by atoms with Crippen molar-refractivity contribution in [3.05, 3.63) is 53.5 Å². The van der Waals surface area contributed by atoms with Crippen LogP contribution in [0.15, 0.2) is 36.5 Å². The molecule has 2 aliphatic heterocycles. The number of aromatic nitrogens is 1. The Bertz CT molecular complexity index is 1280. The number of piperidine rings is 1. The van der Waals surface area contributed by atoms with Gasteiger partial charge in [-0.25, -0.2) is 0 Å². The number of carbonyl (C=O) groups is 2. The molecule has 3 aliphatic rings. The number of ether oxygens (including phenoxy) is 2. The van der Waals surface area contributed by atoms with Crippen molar-refractivity contribution in [1.82, 2.24) is 9.88 Å². The van der Waals surface area contributed by atoms with Crippen molar-refractivity contribution < 1.29 is 19.1 Å². The molecule has 10 heteroatoms. The smallest absolute Gasteiger partial charge is 0.320 e. The van der Waals surface area contributed by atoms with Gasteiger partial charge in [-0.3, -0.25) is 19.4 Å². The Morgan fingerprint density at radius 1 is 1.21 bits per heavy atom. The molecule has 5 rings (SSSR count). The van der Waals surface area contributed by atoms with Crippen LogP contribution in [0.1, 0.15) is 44.6 Å². The predicted octanol–water partition coefficient (Wildman–Crippen LogP) is 4.41. The number of benzene rings is 1. The lowest BCUT2D eigenvalue weighted by atomic mass is 9.75. The van der Waals surface area contributed by atoms with Crippen LogP contribution < -0.4 is 14.5 Å². The average Bonchev–Trinajstić information content (AvgIpc) is 3.12. The second-order valence-corrected chi connectivity index (χ2v) is 10.3. The molecule has 0 radical (unpaired) electrons. The normalized spacial score (nSPS) is 19.4. The van der Waals surface area contributed by atoms with Gasteiger partial charge in [0.15, 0.2) is 5.11 Å². The van der Waals surface area contributed by atoms with Crippen LogP contribution in [0.2, 0.25) is 0 Å². The number of esters is 1. The van der Waals surface area contributed by atoms with Crippen LogP contribution in [0.4, 0.5) is 17.2 Å². The Kier molecular flexibility index (Phi) is 7.32. The molecule has 1 spiro atoms. The Morgan fingerprint density at radius 3 is 2.50 bits per heavy atom. The molecular weight excluding hydrogens is 502 g/mol. The minimum absolute atomic E-state index is 0.0413. The summed E-state index contributed by atoms with van der Waals surface area (Å²) in [4.78, 5) is 38.7. The minimum atomic E-state index is -0.683. The van der Waals surface area contributed by atoms with Gasteiger partial charge < -0.3 is 19.2 Å². The predicted molar refractivity (Wildman–Crippen MR) is 148 cm³/mol. The van der Waals surface area contributed by atoms with E-state index in [1.807, 2.05) is 43.0 Å². The van der Waals surface area contributed by atoms with E-state index in [2.05, 4.69) is 14.7 Å². The number of amides is 1. The molecule has 1 aromatic carbocycles. The molecule has 3 heterocycles. The van der Waals surface area contributed by atoms with Crippen molar-refractivity contribution in [2.75, 3.05) is 36.0 Å². The van der Waals surface area contributed by atoms with Gasteiger partial charge in [-0.2, -0.15) is 0 Å². The summed E-state index contributed by atoms with van der Waals surface area (Å²) < 4.78 is 11.3. The van der Waals surface area contributed by atoms with Crippen molar-refractivity contribution in [2.24, 2.45) is 0 Å². The zero-order chi connectivity index (χ0) is 26.9. The van der Waals surface area contributed by atoms with E-state index in [-0.39, 0.29) is 18.0 Å². The van der Waals surface area contributed by atoms with Crippen molar-refractivity contribution in [1.29, 1.82) is 0 Å². The second-order valence-electron chi connectivity index (χ2n) is 9.98. The molecule has 198 valence electrons. The fourth-order valence-electron chi connectivity index (χ4n) is 5.44. The first-order valence-corrected chi connectivity index (χ1v) is 13.4. The third kappa shape index (κ3) is 4.72. The average molecular weight is 534 g/mol. The van der Waals surface area contributed by atoms with Gasteiger partial charge in [0.25, 0.3) is 11.7 Å². The van der Waals surface area contributed by atoms with Crippen LogP contribution in [0.5, 0.6) is 5.75 Å². The number of aryl methyl sites for hydroxylation is 1. The third-order valence-corrected chi connectivity index (χ3v) is 7.95. The summed E-state index contributed by atoms with van der Waals surface area (Å²) in [5.41, 5.74) is 1.47. The number of rotatable bonds is 7. The molecule has 1 amide bonds. The van der Waals surface area contributed by atoms with Crippen LogP contribution in [-0.4, -0.2) is 64.8 Å². The first-order chi connectivity index (χ1) is 18.4. The number of nitrogens with zero attached hydrogens (tertiary/aromatic N) is 5. The molecule has 3 fully saturated rings. The highest BCUT2D eigenvalue weighted by Gasteiger charge is 2.59. The summed E-state index contributed by atoms with van der Waals surface area (Å²) in [6, 6.07) is 9.58. The van der Waals surface area contributed by atoms with Crippen molar-refractivity contribution in [3.8, 4) is 5.75 Å². The molecule has 2 saturated heterocycles. The van der Waals surface area contributed by atoms with E-state index in [0.717, 1.165) is 56.6 Å². The van der Waals surface area contributed by atoms with Gasteiger partial charge in [0, 0.05) is 18.8 Å². The number of likely N-dealkylation sites (tertiary alicyclic amines) is 1. The Labute approximate surface area is 228 Å². The van der Waals surface area contributed by atoms with E-state index in [9.17, 15) is 9.59 Å². The molecule has 38 heavy (non-hydrogen) atoms. The maximum Gasteiger partial charge on any atom is 0.320 e. The number of hydrogen-bond acceptors (Lipinski definition) is 7. The highest BCUT2D eigenvalue weighted by molar-refractivity contribution is 7.81. The van der Waals surface area contributed by atoms with E-state index in [0.29, 0.717) is 35.3 Å². The number of pyridine rings is 1. The highest BCUT2D eigenvalue weighted by atomic mass is 32.1. The first-order valence-electron chi connectivity index (χ1n) is 13.0. The summed E-state index contributed by atoms with van der Waals surface area (Å²) in [6.07, 6.45) is 5.73. The summed E-state index contributed by atoms with van der Waals surface area (Å²) in [5.74, 6) is 0.862. The monoisotopic (exact) mass is 533 g/mol. The summed E-state index contributed by atoms with van der Waals surface area (Å²) in [7, 11) is 0. The molecule has 2 aromatic rings. The molecule has 0 N–H and O–H groups in total. The molecule has 0 bridgehead atoms. The quantitative estimate of drug-likeness (QED) is 0.294. The summed E-state index contributed by atoms with van der Waals surface area (Å²) in [5, 5.41) is 0.425. The lowest BCUT2D eigenvalue weighted by Crippen LogP contribution is -2.55. The molecular formula is C28H31N5O4S. The maximum absolute atomic E-state index is 13.7. The van der Waals surface area contributed by atoms with E-state index in [1.54, 1.807) is 17.2 Å². The standard InChI is InChI=1S/C28H31N5O4S/c1-4-36-24(34)18-31-14-10-23(11-15-31)37-22-8-6-20(7-9-22)33-27(38)32(26(35)28(33)12-5-13-28)21-16-19(2)25(29-3)30-17-21/h6-9,16-17,23H,4-5,10-15,18H2,1-2H3. The zero-order valence-corrected chi connectivity index (χ0v) is 22.5. The van der Waals surface area contributed by atoms with Crippen molar-refractivity contribution in [3.63, 3.8) is 0 Å². The second kappa shape index (κ2) is 10.7. The van der Waals surface area contributed by atoms with Gasteiger partial charge in [-0.15, -0.1) is 4.98 Å².